The van der Waals surface area contributed by atoms with Gasteiger partial charge in [0.15, 0.2) is 0 Å². The summed E-state index contributed by atoms with van der Waals surface area (Å²) in [5, 5.41) is 9.07. The van der Waals surface area contributed by atoms with Gasteiger partial charge in [-0.15, -0.1) is 0 Å². The van der Waals surface area contributed by atoms with E-state index in [0.717, 1.165) is 13.1 Å². The van der Waals surface area contributed by atoms with Crippen LogP contribution in [0.5, 0.6) is 0 Å². The molecule has 18 heavy (non-hydrogen) atoms. The maximum atomic E-state index is 9.07. The second-order valence-corrected chi connectivity index (χ2v) is 6.42. The van der Waals surface area contributed by atoms with E-state index in [0.29, 0.717) is 36.5 Å². The van der Waals surface area contributed by atoms with E-state index in [9.17, 15) is 0 Å². The van der Waals surface area contributed by atoms with Gasteiger partial charge >= 0.3 is 0 Å². The van der Waals surface area contributed by atoms with Crippen LogP contribution in [-0.2, 0) is 0 Å². The summed E-state index contributed by atoms with van der Waals surface area (Å²) in [7, 11) is 0. The van der Waals surface area contributed by atoms with Crippen LogP contribution in [0, 0.1) is 17.2 Å². The smallest absolute Gasteiger partial charge is 0.0638 e. The lowest BCUT2D eigenvalue weighted by atomic mass is 9.93. The molecule has 2 atom stereocenters. The molecule has 2 unspecified atom stereocenters. The van der Waals surface area contributed by atoms with Gasteiger partial charge in [0.05, 0.1) is 12.5 Å². The summed E-state index contributed by atoms with van der Waals surface area (Å²) in [6.07, 6.45) is 0.643. The molecule has 3 heteroatoms. The maximum Gasteiger partial charge on any atom is 0.0638 e. The number of nitriles is 1. The Morgan fingerprint density at radius 2 is 1.67 bits per heavy atom. The Hall–Kier alpha value is -0.590. The van der Waals surface area contributed by atoms with Crippen LogP contribution in [0.1, 0.15) is 48.0 Å². The molecule has 0 N–H and O–H groups in total. The standard InChI is InChI=1S/C15H29N3/c1-11(2)15-10-17(12(3)4)9-14(7-8-16)18(15)13(5)6/h11-15H,7,9-10H2,1-6H3. The van der Waals surface area contributed by atoms with Crippen LogP contribution in [0.2, 0.25) is 0 Å². The van der Waals surface area contributed by atoms with Gasteiger partial charge in [0.1, 0.15) is 0 Å². The Labute approximate surface area is 113 Å². The second-order valence-electron chi connectivity index (χ2n) is 6.42. The van der Waals surface area contributed by atoms with Crippen molar-refractivity contribution in [2.24, 2.45) is 5.92 Å². The Kier molecular flexibility index (Phi) is 5.62. The third-order valence-electron chi connectivity index (χ3n) is 4.09. The first-order valence-electron chi connectivity index (χ1n) is 7.26. The molecule has 0 radical (unpaired) electrons. The Bertz CT molecular complexity index is 291. The highest BCUT2D eigenvalue weighted by Crippen LogP contribution is 2.26. The van der Waals surface area contributed by atoms with E-state index in [1.807, 2.05) is 0 Å². The Morgan fingerprint density at radius 3 is 2.06 bits per heavy atom. The highest BCUT2D eigenvalue weighted by Gasteiger charge is 2.37. The summed E-state index contributed by atoms with van der Waals surface area (Å²) < 4.78 is 0. The molecule has 1 fully saturated rings. The second kappa shape index (κ2) is 6.54. The summed E-state index contributed by atoms with van der Waals surface area (Å²) in [5.74, 6) is 0.634. The molecule has 0 saturated carbocycles. The van der Waals surface area contributed by atoms with Crippen molar-refractivity contribution < 1.29 is 0 Å². The average molecular weight is 251 g/mol. The van der Waals surface area contributed by atoms with Crippen molar-refractivity contribution in [1.29, 1.82) is 5.26 Å². The molecule has 0 aromatic rings. The fraction of sp³-hybridized carbons (Fsp3) is 0.933. The third kappa shape index (κ3) is 3.46. The highest BCUT2D eigenvalue weighted by molar-refractivity contribution is 4.96. The molecule has 1 aliphatic heterocycles. The summed E-state index contributed by atoms with van der Waals surface area (Å²) in [4.78, 5) is 5.11. The minimum absolute atomic E-state index is 0.388. The fourth-order valence-corrected chi connectivity index (χ4v) is 3.10. The zero-order valence-electron chi connectivity index (χ0n) is 12.8. The third-order valence-corrected chi connectivity index (χ3v) is 4.09. The molecule has 1 heterocycles. The minimum atomic E-state index is 0.388. The van der Waals surface area contributed by atoms with Gasteiger partial charge in [-0.25, -0.2) is 0 Å². The topological polar surface area (TPSA) is 30.3 Å². The van der Waals surface area contributed by atoms with Crippen molar-refractivity contribution in [1.82, 2.24) is 9.80 Å². The van der Waals surface area contributed by atoms with Crippen LogP contribution < -0.4 is 0 Å². The van der Waals surface area contributed by atoms with E-state index >= 15 is 0 Å². The monoisotopic (exact) mass is 251 g/mol. The molecule has 3 nitrogen and oxygen atoms in total. The first-order valence-corrected chi connectivity index (χ1v) is 7.26. The van der Waals surface area contributed by atoms with Crippen LogP contribution in [0.3, 0.4) is 0 Å². The van der Waals surface area contributed by atoms with Gasteiger partial charge in [0.2, 0.25) is 0 Å². The quantitative estimate of drug-likeness (QED) is 0.769. The predicted molar refractivity (Wildman–Crippen MR) is 76.3 cm³/mol. The van der Waals surface area contributed by atoms with Crippen LogP contribution in [-0.4, -0.2) is 47.1 Å². The summed E-state index contributed by atoms with van der Waals surface area (Å²) in [6.45, 7) is 15.8. The van der Waals surface area contributed by atoms with Gasteiger partial charge in [0.25, 0.3) is 0 Å². The highest BCUT2D eigenvalue weighted by atomic mass is 15.3. The average Bonchev–Trinajstić information content (AvgIpc) is 2.27. The van der Waals surface area contributed by atoms with Gasteiger partial charge in [-0.3, -0.25) is 9.80 Å². The number of piperazine rings is 1. The summed E-state index contributed by atoms with van der Waals surface area (Å²) in [5.41, 5.74) is 0. The van der Waals surface area contributed by atoms with Gasteiger partial charge in [-0.1, -0.05) is 13.8 Å². The van der Waals surface area contributed by atoms with E-state index in [1.165, 1.54) is 0 Å². The van der Waals surface area contributed by atoms with Crippen molar-refractivity contribution in [2.45, 2.75) is 72.1 Å². The lowest BCUT2D eigenvalue weighted by molar-refractivity contribution is -0.0266. The van der Waals surface area contributed by atoms with Crippen molar-refractivity contribution in [3.8, 4) is 6.07 Å². The lowest BCUT2D eigenvalue weighted by Crippen LogP contribution is -2.63. The molecule has 104 valence electrons. The molecule has 0 aromatic carbocycles. The van der Waals surface area contributed by atoms with Crippen molar-refractivity contribution >= 4 is 0 Å². The van der Waals surface area contributed by atoms with E-state index in [-0.39, 0.29) is 0 Å². The van der Waals surface area contributed by atoms with E-state index in [1.54, 1.807) is 0 Å². The van der Waals surface area contributed by atoms with Gasteiger partial charge < -0.3 is 0 Å². The van der Waals surface area contributed by atoms with Crippen LogP contribution in [0.4, 0.5) is 0 Å². The van der Waals surface area contributed by atoms with Crippen LogP contribution >= 0.6 is 0 Å². The van der Waals surface area contributed by atoms with Crippen LogP contribution in [0.15, 0.2) is 0 Å². The predicted octanol–water partition coefficient (Wildman–Crippen LogP) is 2.73. The molecular formula is C15H29N3. The fourth-order valence-electron chi connectivity index (χ4n) is 3.10. The number of hydrogen-bond donors (Lipinski definition) is 0. The minimum Gasteiger partial charge on any atom is -0.298 e. The summed E-state index contributed by atoms with van der Waals surface area (Å²) in [6, 6.07) is 4.42. The number of nitrogens with zero attached hydrogens (tertiary/aromatic N) is 3. The SMILES string of the molecule is CC(C)C1CN(C(C)C)CC(CC#N)N1C(C)C. The number of rotatable bonds is 4. The molecule has 0 aliphatic carbocycles. The zero-order chi connectivity index (χ0) is 13.9. The molecule has 1 rings (SSSR count). The molecule has 0 amide bonds. The number of hydrogen-bond acceptors (Lipinski definition) is 3. The zero-order valence-corrected chi connectivity index (χ0v) is 12.8. The molecule has 1 saturated heterocycles. The largest absolute Gasteiger partial charge is 0.298 e. The van der Waals surface area contributed by atoms with E-state index in [2.05, 4.69) is 57.4 Å². The molecule has 0 spiro atoms. The molecule has 0 aromatic heterocycles. The van der Waals surface area contributed by atoms with Crippen molar-refractivity contribution in [3.63, 3.8) is 0 Å². The lowest BCUT2D eigenvalue weighted by Gasteiger charge is -2.51. The Morgan fingerprint density at radius 1 is 1.06 bits per heavy atom. The van der Waals surface area contributed by atoms with Gasteiger partial charge in [0, 0.05) is 37.3 Å². The first-order chi connectivity index (χ1) is 8.38. The van der Waals surface area contributed by atoms with Crippen molar-refractivity contribution in [2.75, 3.05) is 13.1 Å². The Balaban J connectivity index is 2.93. The molecule has 0 bridgehead atoms. The molecular weight excluding hydrogens is 222 g/mol. The summed E-state index contributed by atoms with van der Waals surface area (Å²) >= 11 is 0. The van der Waals surface area contributed by atoms with E-state index < -0.39 is 0 Å². The van der Waals surface area contributed by atoms with Gasteiger partial charge in [-0.05, 0) is 33.6 Å². The molecule has 1 aliphatic rings. The van der Waals surface area contributed by atoms with E-state index in [4.69, 9.17) is 5.26 Å². The normalized spacial score (nSPS) is 27.1. The van der Waals surface area contributed by atoms with Crippen molar-refractivity contribution in [3.05, 3.63) is 0 Å². The van der Waals surface area contributed by atoms with Crippen LogP contribution in [0.25, 0.3) is 0 Å². The van der Waals surface area contributed by atoms with Gasteiger partial charge in [-0.2, -0.15) is 5.26 Å². The maximum absolute atomic E-state index is 9.07. The first kappa shape index (κ1) is 15.5.